The maximum absolute atomic E-state index is 12.9. The first kappa shape index (κ1) is 24.2. The molecule has 10 heteroatoms. The number of amides is 1. The van der Waals surface area contributed by atoms with Crippen LogP contribution in [0.15, 0.2) is 47.4 Å². The van der Waals surface area contributed by atoms with Crippen LogP contribution in [0.25, 0.3) is 0 Å². The number of hydrogen-bond donors (Lipinski definition) is 2. The van der Waals surface area contributed by atoms with Crippen LogP contribution in [0, 0.1) is 6.92 Å². The molecule has 1 amide bonds. The van der Waals surface area contributed by atoms with Crippen LogP contribution in [-0.4, -0.2) is 45.9 Å². The van der Waals surface area contributed by atoms with Crippen LogP contribution < -0.4 is 10.0 Å². The quantitative estimate of drug-likeness (QED) is 0.601. The highest BCUT2D eigenvalue weighted by Gasteiger charge is 2.26. The van der Waals surface area contributed by atoms with E-state index in [1.54, 1.807) is 44.2 Å². The predicted molar refractivity (Wildman–Crippen MR) is 126 cm³/mol. The molecule has 1 heterocycles. The van der Waals surface area contributed by atoms with Gasteiger partial charge in [-0.05, 0) is 62.1 Å². The van der Waals surface area contributed by atoms with Gasteiger partial charge in [-0.3, -0.25) is 9.52 Å². The molecule has 0 aromatic heterocycles. The molecule has 2 N–H and O–H groups in total. The number of carbonyl (C=O) groups is 1. The maximum Gasteiger partial charge on any atom is 0.255 e. The molecule has 0 atom stereocenters. The first-order chi connectivity index (χ1) is 15.1. The zero-order chi connectivity index (χ0) is 23.4. The van der Waals surface area contributed by atoms with Gasteiger partial charge in [-0.25, -0.2) is 16.8 Å². The summed E-state index contributed by atoms with van der Waals surface area (Å²) >= 11 is 0. The average Bonchev–Trinajstić information content (AvgIpc) is 2.77. The Morgan fingerprint density at radius 1 is 0.969 bits per heavy atom. The van der Waals surface area contributed by atoms with Crippen LogP contribution in [0.2, 0.25) is 0 Å². The van der Waals surface area contributed by atoms with E-state index in [2.05, 4.69) is 10.0 Å². The summed E-state index contributed by atoms with van der Waals surface area (Å²) in [6.07, 6.45) is 3.16. The van der Waals surface area contributed by atoms with E-state index in [0.29, 0.717) is 36.4 Å². The molecule has 0 spiro atoms. The van der Waals surface area contributed by atoms with Crippen molar-refractivity contribution in [1.82, 2.24) is 4.31 Å². The summed E-state index contributed by atoms with van der Waals surface area (Å²) in [5.41, 5.74) is 1.60. The summed E-state index contributed by atoms with van der Waals surface area (Å²) in [5.74, 6) is -0.473. The molecule has 32 heavy (non-hydrogen) atoms. The van der Waals surface area contributed by atoms with Gasteiger partial charge in [0.1, 0.15) is 0 Å². The van der Waals surface area contributed by atoms with Crippen molar-refractivity contribution in [2.75, 3.05) is 28.9 Å². The fourth-order valence-electron chi connectivity index (χ4n) is 3.62. The standard InChI is InChI=1S/C22H29N3O5S2/c1-3-15-31(27,28)24-21-12-8-11-20(17(21)2)23-22(26)18-9-7-10-19(16-18)32(29,30)25-13-5-4-6-14-25/h7-12,16,24H,3-6,13-15H2,1-2H3,(H,23,26). The maximum atomic E-state index is 12.9. The van der Waals surface area contributed by atoms with E-state index < -0.39 is 26.0 Å². The number of hydrogen-bond acceptors (Lipinski definition) is 5. The minimum absolute atomic E-state index is 0.00130. The monoisotopic (exact) mass is 479 g/mol. The highest BCUT2D eigenvalue weighted by Crippen LogP contribution is 2.26. The molecule has 0 radical (unpaired) electrons. The third-order valence-corrected chi connectivity index (χ3v) is 8.74. The van der Waals surface area contributed by atoms with Crippen molar-refractivity contribution in [3.05, 3.63) is 53.6 Å². The van der Waals surface area contributed by atoms with Gasteiger partial charge in [-0.1, -0.05) is 25.5 Å². The molecule has 2 aromatic carbocycles. The number of sulfonamides is 2. The molecule has 1 fully saturated rings. The Labute approximate surface area is 190 Å². The van der Waals surface area contributed by atoms with E-state index in [1.165, 1.54) is 16.4 Å². The van der Waals surface area contributed by atoms with Crippen LogP contribution in [0.4, 0.5) is 11.4 Å². The molecular formula is C22H29N3O5S2. The SMILES string of the molecule is CCCS(=O)(=O)Nc1cccc(NC(=O)c2cccc(S(=O)(=O)N3CCCCC3)c2)c1C. The molecule has 1 aliphatic heterocycles. The summed E-state index contributed by atoms with van der Waals surface area (Å²) in [4.78, 5) is 13.0. The largest absolute Gasteiger partial charge is 0.322 e. The molecule has 0 aliphatic carbocycles. The van der Waals surface area contributed by atoms with E-state index in [-0.39, 0.29) is 16.2 Å². The van der Waals surface area contributed by atoms with Gasteiger partial charge < -0.3 is 5.32 Å². The van der Waals surface area contributed by atoms with Gasteiger partial charge in [-0.15, -0.1) is 0 Å². The second-order valence-corrected chi connectivity index (χ2v) is 11.6. The molecule has 3 rings (SSSR count). The Hall–Kier alpha value is -2.43. The molecule has 1 aliphatic rings. The van der Waals surface area contributed by atoms with Crippen molar-refractivity contribution >= 4 is 37.3 Å². The first-order valence-electron chi connectivity index (χ1n) is 10.7. The van der Waals surface area contributed by atoms with Crippen LogP contribution in [0.5, 0.6) is 0 Å². The van der Waals surface area contributed by atoms with Crippen LogP contribution in [0.1, 0.15) is 48.5 Å². The van der Waals surface area contributed by atoms with Crippen molar-refractivity contribution in [3.8, 4) is 0 Å². The van der Waals surface area contributed by atoms with Crippen molar-refractivity contribution < 1.29 is 21.6 Å². The van der Waals surface area contributed by atoms with E-state index >= 15 is 0 Å². The number of nitrogens with zero attached hydrogens (tertiary/aromatic N) is 1. The fourth-order valence-corrected chi connectivity index (χ4v) is 6.37. The Morgan fingerprint density at radius 2 is 1.62 bits per heavy atom. The first-order valence-corrected chi connectivity index (χ1v) is 13.7. The second-order valence-electron chi connectivity index (χ2n) is 7.85. The second kappa shape index (κ2) is 10.0. The average molecular weight is 480 g/mol. The summed E-state index contributed by atoms with van der Waals surface area (Å²) in [7, 11) is -7.13. The summed E-state index contributed by atoms with van der Waals surface area (Å²) in [5, 5.41) is 2.76. The number of nitrogens with one attached hydrogen (secondary N) is 2. The summed E-state index contributed by atoms with van der Waals surface area (Å²) in [6.45, 7) is 4.45. The molecule has 8 nitrogen and oxygen atoms in total. The van der Waals surface area contributed by atoms with Gasteiger partial charge >= 0.3 is 0 Å². The zero-order valence-electron chi connectivity index (χ0n) is 18.3. The molecule has 174 valence electrons. The minimum Gasteiger partial charge on any atom is -0.322 e. The highest BCUT2D eigenvalue weighted by atomic mass is 32.2. The molecule has 0 unspecified atom stereocenters. The lowest BCUT2D eigenvalue weighted by molar-refractivity contribution is 0.102. The Balaban J connectivity index is 1.81. The predicted octanol–water partition coefficient (Wildman–Crippen LogP) is 3.57. The van der Waals surface area contributed by atoms with Crippen molar-refractivity contribution in [3.63, 3.8) is 0 Å². The number of piperidine rings is 1. The summed E-state index contributed by atoms with van der Waals surface area (Å²) < 4.78 is 54.1. The summed E-state index contributed by atoms with van der Waals surface area (Å²) in [6, 6.07) is 10.9. The third kappa shape index (κ3) is 5.67. The van der Waals surface area contributed by atoms with E-state index in [0.717, 1.165) is 19.3 Å². The smallest absolute Gasteiger partial charge is 0.255 e. The van der Waals surface area contributed by atoms with Gasteiger partial charge in [0.15, 0.2) is 0 Å². The van der Waals surface area contributed by atoms with E-state index in [1.807, 2.05) is 0 Å². The molecular weight excluding hydrogens is 450 g/mol. The Bertz CT molecular complexity index is 1190. The van der Waals surface area contributed by atoms with Crippen molar-refractivity contribution in [1.29, 1.82) is 0 Å². The highest BCUT2D eigenvalue weighted by molar-refractivity contribution is 7.92. The van der Waals surface area contributed by atoms with Crippen LogP contribution >= 0.6 is 0 Å². The third-order valence-electron chi connectivity index (χ3n) is 5.37. The molecule has 2 aromatic rings. The Morgan fingerprint density at radius 3 is 2.31 bits per heavy atom. The van der Waals surface area contributed by atoms with Crippen LogP contribution in [-0.2, 0) is 20.0 Å². The topological polar surface area (TPSA) is 113 Å². The number of carbonyl (C=O) groups excluding carboxylic acids is 1. The molecule has 0 saturated carbocycles. The number of anilines is 2. The van der Waals surface area contributed by atoms with E-state index in [9.17, 15) is 21.6 Å². The van der Waals surface area contributed by atoms with Gasteiger partial charge in [0, 0.05) is 24.3 Å². The molecule has 1 saturated heterocycles. The molecule has 0 bridgehead atoms. The minimum atomic E-state index is -3.65. The van der Waals surface area contributed by atoms with Crippen molar-refractivity contribution in [2.45, 2.75) is 44.4 Å². The van der Waals surface area contributed by atoms with Gasteiger partial charge in [0.25, 0.3) is 5.91 Å². The van der Waals surface area contributed by atoms with Gasteiger partial charge in [0.2, 0.25) is 20.0 Å². The van der Waals surface area contributed by atoms with Crippen molar-refractivity contribution in [2.24, 2.45) is 0 Å². The van der Waals surface area contributed by atoms with Gasteiger partial charge in [-0.2, -0.15) is 4.31 Å². The normalized spacial score (nSPS) is 15.3. The fraction of sp³-hybridized carbons (Fsp3) is 0.409. The zero-order valence-corrected chi connectivity index (χ0v) is 19.9. The lowest BCUT2D eigenvalue weighted by atomic mass is 10.1. The van der Waals surface area contributed by atoms with E-state index in [4.69, 9.17) is 0 Å². The van der Waals surface area contributed by atoms with Gasteiger partial charge in [0.05, 0.1) is 16.3 Å². The lowest BCUT2D eigenvalue weighted by Gasteiger charge is -2.26. The lowest BCUT2D eigenvalue weighted by Crippen LogP contribution is -2.35. The number of benzene rings is 2. The Kier molecular flexibility index (Phi) is 7.58. The number of rotatable bonds is 8. The van der Waals surface area contributed by atoms with Crippen LogP contribution in [0.3, 0.4) is 0 Å².